The summed E-state index contributed by atoms with van der Waals surface area (Å²) in [6, 6.07) is 2.05. The van der Waals surface area contributed by atoms with Gasteiger partial charge in [0.1, 0.15) is 12.2 Å². The van der Waals surface area contributed by atoms with Crippen LogP contribution in [0.4, 0.5) is 10.2 Å². The lowest BCUT2D eigenvalue weighted by molar-refractivity contribution is 0.243. The van der Waals surface area contributed by atoms with E-state index in [4.69, 9.17) is 0 Å². The molecule has 1 aromatic heterocycles. The van der Waals surface area contributed by atoms with E-state index in [-0.39, 0.29) is 12.6 Å². The number of aromatic amines is 1. The van der Waals surface area contributed by atoms with Crippen LogP contribution in [-0.4, -0.2) is 23.0 Å². The molecule has 2 aliphatic heterocycles. The molecule has 6 heteroatoms. The van der Waals surface area contributed by atoms with Crippen molar-refractivity contribution in [2.45, 2.75) is 25.7 Å². The molecule has 20 heavy (non-hydrogen) atoms. The predicted octanol–water partition coefficient (Wildman–Crippen LogP) is 2.46. The molecule has 3 aliphatic rings. The van der Waals surface area contributed by atoms with Crippen molar-refractivity contribution in [1.82, 2.24) is 21.0 Å². The third-order valence-electron chi connectivity index (χ3n) is 4.56. The van der Waals surface area contributed by atoms with E-state index in [1.807, 2.05) is 11.2 Å². The molecule has 0 saturated heterocycles. The van der Waals surface area contributed by atoms with Crippen LogP contribution in [0.15, 0.2) is 23.0 Å². The van der Waals surface area contributed by atoms with Gasteiger partial charge in [-0.15, -0.1) is 5.53 Å². The molecule has 106 valence electrons. The van der Waals surface area contributed by atoms with Crippen molar-refractivity contribution in [3.8, 4) is 0 Å². The van der Waals surface area contributed by atoms with Gasteiger partial charge in [0.2, 0.25) is 0 Å². The molecule has 1 saturated carbocycles. The van der Waals surface area contributed by atoms with E-state index in [1.165, 1.54) is 5.70 Å². The lowest BCUT2D eigenvalue weighted by Crippen LogP contribution is -2.38. The largest absolute Gasteiger partial charge is 0.346 e. The standard InChI is InChI=1S/C14H18FN5/c15-7-9-1-3-10(4-2-9)12-13-11-5-6-16-14(11)17-8-20(13)19-18-12/h5-6,8-10,16,18-19H,1-4,7H2/t9-,10-. The van der Waals surface area contributed by atoms with Gasteiger partial charge in [-0.05, 0) is 37.7 Å². The van der Waals surface area contributed by atoms with Crippen molar-refractivity contribution in [3.05, 3.63) is 23.5 Å². The van der Waals surface area contributed by atoms with Crippen molar-refractivity contribution in [3.63, 3.8) is 0 Å². The second-order valence-electron chi connectivity index (χ2n) is 5.73. The maximum atomic E-state index is 12.7. The number of nitrogens with zero attached hydrogens (tertiary/aromatic N) is 2. The normalized spacial score (nSPS) is 28.4. The smallest absolute Gasteiger partial charge is 0.141 e. The van der Waals surface area contributed by atoms with Gasteiger partial charge in [-0.1, -0.05) is 0 Å². The molecule has 3 heterocycles. The Kier molecular flexibility index (Phi) is 2.77. The van der Waals surface area contributed by atoms with Gasteiger partial charge in [0.05, 0.1) is 18.1 Å². The van der Waals surface area contributed by atoms with E-state index in [9.17, 15) is 4.39 Å². The zero-order chi connectivity index (χ0) is 13.5. The Morgan fingerprint density at radius 1 is 1.30 bits per heavy atom. The molecule has 1 aliphatic carbocycles. The minimum Gasteiger partial charge on any atom is -0.346 e. The Hall–Kier alpha value is -1.82. The second-order valence-corrected chi connectivity index (χ2v) is 5.73. The fraction of sp³-hybridized carbons (Fsp3) is 0.500. The molecule has 4 rings (SSSR count). The Balaban J connectivity index is 1.65. The van der Waals surface area contributed by atoms with E-state index in [0.717, 1.165) is 42.8 Å². The van der Waals surface area contributed by atoms with Crippen LogP contribution in [0, 0.1) is 11.8 Å². The number of alkyl halides is 1. The van der Waals surface area contributed by atoms with E-state index >= 15 is 0 Å². The monoisotopic (exact) mass is 275 g/mol. The van der Waals surface area contributed by atoms with E-state index in [0.29, 0.717) is 5.92 Å². The first-order chi connectivity index (χ1) is 9.86. The number of fused-ring (bicyclic) bond motifs is 3. The molecule has 0 spiro atoms. The Morgan fingerprint density at radius 3 is 2.95 bits per heavy atom. The fourth-order valence-electron chi connectivity index (χ4n) is 3.40. The van der Waals surface area contributed by atoms with Gasteiger partial charge < -0.3 is 10.4 Å². The van der Waals surface area contributed by atoms with Crippen LogP contribution in [0.5, 0.6) is 0 Å². The van der Waals surface area contributed by atoms with Crippen LogP contribution in [-0.2, 0) is 0 Å². The zero-order valence-electron chi connectivity index (χ0n) is 11.2. The maximum absolute atomic E-state index is 12.7. The number of hydrogen-bond acceptors (Lipinski definition) is 4. The first-order valence-electron chi connectivity index (χ1n) is 7.20. The lowest BCUT2D eigenvalue weighted by atomic mass is 9.80. The quantitative estimate of drug-likeness (QED) is 0.777. The molecule has 0 aromatic carbocycles. The van der Waals surface area contributed by atoms with Gasteiger partial charge in [-0.25, -0.2) is 10.0 Å². The Bertz CT molecular complexity index is 568. The van der Waals surface area contributed by atoms with Crippen molar-refractivity contribution < 1.29 is 4.39 Å². The number of hydrogen-bond donors (Lipinski definition) is 3. The summed E-state index contributed by atoms with van der Waals surface area (Å²) in [5.41, 5.74) is 9.91. The van der Waals surface area contributed by atoms with E-state index in [2.05, 4.69) is 27.0 Å². The average molecular weight is 275 g/mol. The van der Waals surface area contributed by atoms with E-state index in [1.54, 1.807) is 6.34 Å². The third-order valence-corrected chi connectivity index (χ3v) is 4.56. The molecule has 5 nitrogen and oxygen atoms in total. The summed E-state index contributed by atoms with van der Waals surface area (Å²) in [6.07, 6.45) is 7.75. The number of H-pyrrole nitrogens is 1. The molecule has 1 aromatic rings. The number of rotatable bonds is 2. The molecule has 1 fully saturated rings. The predicted molar refractivity (Wildman–Crippen MR) is 75.4 cm³/mol. The summed E-state index contributed by atoms with van der Waals surface area (Å²) >= 11 is 0. The maximum Gasteiger partial charge on any atom is 0.141 e. The van der Waals surface area contributed by atoms with Crippen molar-refractivity contribution in [1.29, 1.82) is 0 Å². The topological polar surface area (TPSA) is 55.5 Å². The van der Waals surface area contributed by atoms with Crippen LogP contribution in [0.3, 0.4) is 0 Å². The van der Waals surface area contributed by atoms with Crippen LogP contribution < -0.4 is 11.0 Å². The number of halogens is 1. The summed E-state index contributed by atoms with van der Waals surface area (Å²) in [6.45, 7) is -0.176. The molecular weight excluding hydrogens is 257 g/mol. The highest BCUT2D eigenvalue weighted by Gasteiger charge is 2.33. The molecule has 0 unspecified atom stereocenters. The van der Waals surface area contributed by atoms with Crippen LogP contribution in [0.1, 0.15) is 31.2 Å². The van der Waals surface area contributed by atoms with Crippen molar-refractivity contribution >= 4 is 17.9 Å². The SMILES string of the molecule is FC[C@H]1CC[C@H](C2=C3c4cc[nH]c4N=CN3NN2)CC1. The van der Waals surface area contributed by atoms with Crippen molar-refractivity contribution in [2.24, 2.45) is 16.8 Å². The summed E-state index contributed by atoms with van der Waals surface area (Å²) < 4.78 is 12.7. The highest BCUT2D eigenvalue weighted by Crippen LogP contribution is 2.40. The van der Waals surface area contributed by atoms with Crippen LogP contribution >= 0.6 is 0 Å². The lowest BCUT2D eigenvalue weighted by Gasteiger charge is -2.28. The molecular formula is C14H18FN5. The highest BCUT2D eigenvalue weighted by atomic mass is 19.1. The van der Waals surface area contributed by atoms with Crippen LogP contribution in [0.25, 0.3) is 5.70 Å². The zero-order valence-corrected chi connectivity index (χ0v) is 11.2. The Morgan fingerprint density at radius 2 is 2.15 bits per heavy atom. The fourth-order valence-corrected chi connectivity index (χ4v) is 3.40. The number of nitrogens with one attached hydrogen (secondary N) is 3. The third kappa shape index (κ3) is 1.75. The number of aromatic nitrogens is 1. The molecule has 0 atom stereocenters. The molecule has 0 radical (unpaired) electrons. The average Bonchev–Trinajstić information content (AvgIpc) is 3.13. The van der Waals surface area contributed by atoms with Gasteiger partial charge >= 0.3 is 0 Å². The first-order valence-corrected chi connectivity index (χ1v) is 7.20. The second kappa shape index (κ2) is 4.63. The highest BCUT2D eigenvalue weighted by molar-refractivity contribution is 5.87. The number of allylic oxidation sites excluding steroid dienone is 1. The van der Waals surface area contributed by atoms with Gasteiger partial charge in [0.25, 0.3) is 0 Å². The summed E-state index contributed by atoms with van der Waals surface area (Å²) in [5.74, 6) is 1.63. The first kappa shape index (κ1) is 12.0. The van der Waals surface area contributed by atoms with Gasteiger partial charge in [-0.3, -0.25) is 4.39 Å². The summed E-state index contributed by atoms with van der Waals surface area (Å²) in [7, 11) is 0. The molecule has 3 N–H and O–H groups in total. The van der Waals surface area contributed by atoms with Crippen molar-refractivity contribution in [2.75, 3.05) is 6.67 Å². The summed E-state index contributed by atoms with van der Waals surface area (Å²) in [5, 5.41) is 1.92. The summed E-state index contributed by atoms with van der Waals surface area (Å²) in [4.78, 5) is 7.51. The minimum absolute atomic E-state index is 0.176. The van der Waals surface area contributed by atoms with E-state index < -0.39 is 0 Å². The number of aliphatic imine (C=N–C) groups is 1. The Labute approximate surface area is 116 Å². The van der Waals surface area contributed by atoms with Crippen LogP contribution in [0.2, 0.25) is 0 Å². The molecule has 0 amide bonds. The number of hydrazine groups is 2. The minimum atomic E-state index is -0.176. The van der Waals surface area contributed by atoms with Gasteiger partial charge in [0, 0.05) is 17.7 Å². The van der Waals surface area contributed by atoms with Gasteiger partial charge in [-0.2, -0.15) is 0 Å². The van der Waals surface area contributed by atoms with Gasteiger partial charge in [0.15, 0.2) is 0 Å². The molecule has 0 bridgehead atoms.